The summed E-state index contributed by atoms with van der Waals surface area (Å²) in [6.07, 6.45) is 0. The fourth-order valence-corrected chi connectivity index (χ4v) is 1.58. The van der Waals surface area contributed by atoms with Crippen LogP contribution in [0.3, 0.4) is 0 Å². The van der Waals surface area contributed by atoms with Crippen LogP contribution in [0.4, 0.5) is 15.8 Å². The molecule has 0 fully saturated rings. The van der Waals surface area contributed by atoms with Crippen molar-refractivity contribution in [3.05, 3.63) is 32.5 Å². The molecule has 1 aromatic rings. The van der Waals surface area contributed by atoms with Crippen LogP contribution in [-0.4, -0.2) is 30.2 Å². The zero-order valence-electron chi connectivity index (χ0n) is 8.48. The molecule has 0 saturated heterocycles. The lowest BCUT2D eigenvalue weighted by Gasteiger charge is -2.17. The highest BCUT2D eigenvalue weighted by molar-refractivity contribution is 9.10. The lowest BCUT2D eigenvalue weighted by molar-refractivity contribution is -0.384. The molecular formula is C9H10BrFN2O3. The molecule has 0 aliphatic carbocycles. The summed E-state index contributed by atoms with van der Waals surface area (Å²) in [5.41, 5.74) is -0.0658. The summed E-state index contributed by atoms with van der Waals surface area (Å²) in [4.78, 5) is 11.6. The SMILES string of the molecule is CN(CCO)c1cc(F)c(Br)cc1[N+](=O)[O-]. The van der Waals surface area contributed by atoms with E-state index in [1.54, 1.807) is 7.05 Å². The van der Waals surface area contributed by atoms with Gasteiger partial charge in [-0.3, -0.25) is 10.1 Å². The molecule has 0 atom stereocenters. The molecule has 7 heteroatoms. The topological polar surface area (TPSA) is 66.6 Å². The number of hydrogen-bond donors (Lipinski definition) is 1. The van der Waals surface area contributed by atoms with Crippen molar-refractivity contribution in [3.8, 4) is 0 Å². The van der Waals surface area contributed by atoms with E-state index in [-0.39, 0.29) is 29.0 Å². The van der Waals surface area contributed by atoms with Crippen LogP contribution in [0.2, 0.25) is 0 Å². The van der Waals surface area contributed by atoms with Crippen molar-refractivity contribution >= 4 is 27.3 Å². The Morgan fingerprint density at radius 2 is 2.25 bits per heavy atom. The predicted octanol–water partition coefficient (Wildman–Crippen LogP) is 1.92. The average molecular weight is 293 g/mol. The molecule has 0 bridgehead atoms. The summed E-state index contributed by atoms with van der Waals surface area (Å²) in [6.45, 7) is 0.0350. The molecule has 5 nitrogen and oxygen atoms in total. The number of nitrogens with zero attached hydrogens (tertiary/aromatic N) is 2. The van der Waals surface area contributed by atoms with Gasteiger partial charge in [0, 0.05) is 25.7 Å². The first kappa shape index (κ1) is 12.9. The quantitative estimate of drug-likeness (QED) is 0.680. The lowest BCUT2D eigenvalue weighted by atomic mass is 10.2. The Labute approximate surface area is 99.8 Å². The minimum Gasteiger partial charge on any atom is -0.395 e. The molecule has 0 unspecified atom stereocenters. The molecule has 88 valence electrons. The maximum atomic E-state index is 13.3. The van der Waals surface area contributed by atoms with Gasteiger partial charge >= 0.3 is 0 Å². The molecule has 0 radical (unpaired) electrons. The van der Waals surface area contributed by atoms with E-state index in [2.05, 4.69) is 15.9 Å². The molecule has 0 spiro atoms. The number of nitro benzene ring substituents is 1. The molecule has 1 rings (SSSR count). The molecule has 0 amide bonds. The van der Waals surface area contributed by atoms with Gasteiger partial charge in [0.25, 0.3) is 5.69 Å². The van der Waals surface area contributed by atoms with Crippen LogP contribution in [0.15, 0.2) is 16.6 Å². The van der Waals surface area contributed by atoms with Gasteiger partial charge < -0.3 is 10.0 Å². The number of halogens is 2. The van der Waals surface area contributed by atoms with Crippen molar-refractivity contribution < 1.29 is 14.4 Å². The van der Waals surface area contributed by atoms with Gasteiger partial charge in [0.05, 0.1) is 16.0 Å². The number of rotatable bonds is 4. The fourth-order valence-electron chi connectivity index (χ4n) is 1.25. The molecule has 0 aromatic heterocycles. The van der Waals surface area contributed by atoms with Gasteiger partial charge in [-0.05, 0) is 15.9 Å². The molecule has 1 N–H and O–H groups in total. The van der Waals surface area contributed by atoms with Gasteiger partial charge in [0.2, 0.25) is 0 Å². The first-order valence-electron chi connectivity index (χ1n) is 4.42. The van der Waals surface area contributed by atoms with E-state index in [9.17, 15) is 14.5 Å². The predicted molar refractivity (Wildman–Crippen MR) is 61.1 cm³/mol. The first-order valence-corrected chi connectivity index (χ1v) is 5.22. The van der Waals surface area contributed by atoms with Crippen LogP contribution in [0.5, 0.6) is 0 Å². The fraction of sp³-hybridized carbons (Fsp3) is 0.333. The smallest absolute Gasteiger partial charge is 0.293 e. The highest BCUT2D eigenvalue weighted by Gasteiger charge is 2.20. The maximum absolute atomic E-state index is 13.3. The van der Waals surface area contributed by atoms with Crippen molar-refractivity contribution in [2.45, 2.75) is 0 Å². The second-order valence-electron chi connectivity index (χ2n) is 3.16. The molecule has 0 aliphatic rings. The van der Waals surface area contributed by atoms with Gasteiger partial charge in [-0.1, -0.05) is 0 Å². The molecular weight excluding hydrogens is 283 g/mol. The van der Waals surface area contributed by atoms with Crippen LogP contribution in [-0.2, 0) is 0 Å². The van der Waals surface area contributed by atoms with Gasteiger partial charge in [-0.25, -0.2) is 4.39 Å². The Balaban J connectivity index is 3.24. The summed E-state index contributed by atoms with van der Waals surface area (Å²) in [5.74, 6) is -0.578. The molecule has 16 heavy (non-hydrogen) atoms. The van der Waals surface area contributed by atoms with E-state index in [1.807, 2.05) is 0 Å². The molecule has 1 aromatic carbocycles. The zero-order chi connectivity index (χ0) is 12.3. The summed E-state index contributed by atoms with van der Waals surface area (Å²) >= 11 is 2.89. The van der Waals surface area contributed by atoms with E-state index in [4.69, 9.17) is 5.11 Å². The molecule has 0 heterocycles. The number of benzene rings is 1. The summed E-state index contributed by atoms with van der Waals surface area (Å²) in [5, 5.41) is 19.5. The Bertz CT molecular complexity index is 414. The zero-order valence-corrected chi connectivity index (χ0v) is 10.1. The van der Waals surface area contributed by atoms with E-state index < -0.39 is 10.7 Å². The van der Waals surface area contributed by atoms with Crippen LogP contribution < -0.4 is 4.90 Å². The largest absolute Gasteiger partial charge is 0.395 e. The number of aliphatic hydroxyl groups is 1. The maximum Gasteiger partial charge on any atom is 0.293 e. The van der Waals surface area contributed by atoms with Crippen molar-refractivity contribution in [2.75, 3.05) is 25.1 Å². The van der Waals surface area contributed by atoms with Crippen LogP contribution in [0, 0.1) is 15.9 Å². The van der Waals surface area contributed by atoms with Gasteiger partial charge in [-0.15, -0.1) is 0 Å². The second-order valence-corrected chi connectivity index (χ2v) is 4.01. The number of aliphatic hydroxyl groups excluding tert-OH is 1. The van der Waals surface area contributed by atoms with Gasteiger partial charge in [-0.2, -0.15) is 0 Å². The van der Waals surface area contributed by atoms with Crippen LogP contribution in [0.1, 0.15) is 0 Å². The van der Waals surface area contributed by atoms with E-state index in [0.717, 1.165) is 12.1 Å². The lowest BCUT2D eigenvalue weighted by Crippen LogP contribution is -2.22. The Morgan fingerprint density at radius 1 is 1.62 bits per heavy atom. The minimum absolute atomic E-state index is 0.0420. The highest BCUT2D eigenvalue weighted by Crippen LogP contribution is 2.32. The number of nitro groups is 1. The van der Waals surface area contributed by atoms with Gasteiger partial charge in [0.15, 0.2) is 0 Å². The number of anilines is 1. The monoisotopic (exact) mass is 292 g/mol. The summed E-state index contributed by atoms with van der Waals surface area (Å²) < 4.78 is 13.3. The first-order chi connectivity index (χ1) is 7.47. The normalized spacial score (nSPS) is 10.2. The second kappa shape index (κ2) is 5.22. The Hall–Kier alpha value is -1.21. The van der Waals surface area contributed by atoms with Crippen molar-refractivity contribution in [1.29, 1.82) is 0 Å². The molecule has 0 saturated carbocycles. The van der Waals surface area contributed by atoms with Crippen LogP contribution in [0.25, 0.3) is 0 Å². The third kappa shape index (κ3) is 2.67. The number of hydrogen-bond acceptors (Lipinski definition) is 4. The highest BCUT2D eigenvalue weighted by atomic mass is 79.9. The van der Waals surface area contributed by atoms with E-state index >= 15 is 0 Å². The van der Waals surface area contributed by atoms with Crippen LogP contribution >= 0.6 is 15.9 Å². The number of likely N-dealkylation sites (N-methyl/N-ethyl adjacent to an activating group) is 1. The Kier molecular flexibility index (Phi) is 4.19. The van der Waals surface area contributed by atoms with Crippen molar-refractivity contribution in [3.63, 3.8) is 0 Å². The van der Waals surface area contributed by atoms with E-state index in [1.165, 1.54) is 4.90 Å². The standard InChI is InChI=1S/C9H10BrFN2O3/c1-12(2-3-14)8-5-7(11)6(10)4-9(8)13(15)16/h4-5,14H,2-3H2,1H3. The Morgan fingerprint density at radius 3 is 2.75 bits per heavy atom. The van der Waals surface area contributed by atoms with Crippen molar-refractivity contribution in [1.82, 2.24) is 0 Å². The third-order valence-corrected chi connectivity index (χ3v) is 2.67. The van der Waals surface area contributed by atoms with E-state index in [0.29, 0.717) is 0 Å². The third-order valence-electron chi connectivity index (χ3n) is 2.06. The summed E-state index contributed by atoms with van der Waals surface area (Å²) in [6, 6.07) is 2.18. The van der Waals surface area contributed by atoms with Gasteiger partial charge in [0.1, 0.15) is 11.5 Å². The van der Waals surface area contributed by atoms with Crippen molar-refractivity contribution in [2.24, 2.45) is 0 Å². The molecule has 0 aliphatic heterocycles. The minimum atomic E-state index is -0.590. The average Bonchev–Trinajstić information content (AvgIpc) is 2.21. The summed E-state index contributed by atoms with van der Waals surface area (Å²) in [7, 11) is 1.55.